The van der Waals surface area contributed by atoms with Gasteiger partial charge in [-0.3, -0.25) is 14.4 Å². The van der Waals surface area contributed by atoms with Gasteiger partial charge in [-0.25, -0.2) is 9.59 Å². The van der Waals surface area contributed by atoms with E-state index in [9.17, 15) is 29.1 Å². The van der Waals surface area contributed by atoms with Gasteiger partial charge in [0.15, 0.2) is 0 Å². The second-order valence-electron chi connectivity index (χ2n) is 12.5. The lowest BCUT2D eigenvalue weighted by Crippen LogP contribution is -2.58. The summed E-state index contributed by atoms with van der Waals surface area (Å²) in [5, 5.41) is 21.7. The van der Waals surface area contributed by atoms with Gasteiger partial charge in [0.1, 0.15) is 23.7 Å². The third kappa shape index (κ3) is 15.6. The summed E-state index contributed by atoms with van der Waals surface area (Å²) in [6, 6.07) is -3.57. The number of alkyl carbamates (subject to hydrolysis) is 1. The average molecular weight is 619 g/mol. The Kier molecular flexibility index (Phi) is 17.7. The maximum Gasteiger partial charge on any atom is 0.408 e. The molecule has 12 nitrogen and oxygen atoms in total. The van der Waals surface area contributed by atoms with Crippen LogP contribution in [0.3, 0.4) is 0 Å². The van der Waals surface area contributed by atoms with Crippen molar-refractivity contribution in [1.29, 1.82) is 0 Å². The van der Waals surface area contributed by atoms with E-state index in [2.05, 4.69) is 21.3 Å². The first kappa shape index (κ1) is 39.5. The summed E-state index contributed by atoms with van der Waals surface area (Å²) in [6.45, 7) is 16.0. The lowest BCUT2D eigenvalue weighted by atomic mass is 9.96. The normalized spacial score (nSPS) is 15.3. The van der Waals surface area contributed by atoms with Crippen molar-refractivity contribution in [2.45, 2.75) is 117 Å². The summed E-state index contributed by atoms with van der Waals surface area (Å²) in [6.07, 6.45) is 0.191. The molecule has 13 heteroatoms. The number of rotatable bonds is 17. The summed E-state index contributed by atoms with van der Waals surface area (Å²) >= 11 is 1.50. The van der Waals surface area contributed by atoms with Gasteiger partial charge >= 0.3 is 12.1 Å². The number of thioether (sulfide) groups is 1. The molecule has 0 rings (SSSR count). The molecule has 5 atom stereocenters. The number of ether oxygens (including phenoxy) is 2. The van der Waals surface area contributed by atoms with Crippen LogP contribution in [0.5, 0.6) is 0 Å². The highest BCUT2D eigenvalue weighted by Crippen LogP contribution is 2.14. The summed E-state index contributed by atoms with van der Waals surface area (Å²) in [5.74, 6) is -2.11. The summed E-state index contributed by atoms with van der Waals surface area (Å²) in [5.41, 5.74) is -0.749. The fraction of sp³-hybridized carbons (Fsp3) is 0.828. The second-order valence-corrected chi connectivity index (χ2v) is 13.5. The molecule has 0 spiro atoms. The first-order valence-corrected chi connectivity index (χ1v) is 15.9. The van der Waals surface area contributed by atoms with Crippen LogP contribution in [0.2, 0.25) is 0 Å². The minimum absolute atomic E-state index is 0.0640. The summed E-state index contributed by atoms with van der Waals surface area (Å²) in [7, 11) is 1.23. The number of methoxy groups -OCH3 is 1. The Morgan fingerprint density at radius 2 is 1.40 bits per heavy atom. The largest absolute Gasteiger partial charge is 0.467 e. The van der Waals surface area contributed by atoms with Crippen LogP contribution in [0.4, 0.5) is 4.79 Å². The first-order chi connectivity index (χ1) is 19.3. The zero-order valence-electron chi connectivity index (χ0n) is 27.2. The SMILES string of the molecule is COC(=O)C(NC(=O)CC(O)C(CC(C)C)NC(=O)C(CCSC)NC(=O)C(NC(=O)OC(C)(C)C)C(C)C)C(C)C. The smallest absolute Gasteiger partial charge is 0.408 e. The summed E-state index contributed by atoms with van der Waals surface area (Å²) in [4.78, 5) is 63.8. The number of hydrogen-bond acceptors (Lipinski definition) is 9. The molecular formula is C29H54N4O8S. The molecule has 42 heavy (non-hydrogen) atoms. The highest BCUT2D eigenvalue weighted by atomic mass is 32.2. The Labute approximate surface area is 255 Å². The molecule has 0 bridgehead atoms. The van der Waals surface area contributed by atoms with Gasteiger partial charge in [0.2, 0.25) is 17.7 Å². The van der Waals surface area contributed by atoms with Crippen LogP contribution in [-0.4, -0.2) is 89.9 Å². The van der Waals surface area contributed by atoms with Crippen LogP contribution in [0, 0.1) is 17.8 Å². The number of carbonyl (C=O) groups is 5. The molecule has 0 fully saturated rings. The van der Waals surface area contributed by atoms with E-state index in [0.717, 1.165) is 0 Å². The van der Waals surface area contributed by atoms with Gasteiger partial charge in [-0.05, 0) is 63.4 Å². The van der Waals surface area contributed by atoms with Crippen molar-refractivity contribution in [2.75, 3.05) is 19.1 Å². The van der Waals surface area contributed by atoms with E-state index in [1.54, 1.807) is 48.5 Å². The van der Waals surface area contributed by atoms with Crippen LogP contribution in [0.15, 0.2) is 0 Å². The van der Waals surface area contributed by atoms with Crippen molar-refractivity contribution < 1.29 is 38.6 Å². The van der Waals surface area contributed by atoms with Crippen LogP contribution >= 0.6 is 11.8 Å². The molecule has 0 saturated heterocycles. The number of aliphatic hydroxyl groups excluding tert-OH is 1. The number of amides is 4. The second kappa shape index (κ2) is 18.9. The van der Waals surface area contributed by atoms with E-state index in [-0.39, 0.29) is 24.2 Å². The van der Waals surface area contributed by atoms with Crippen LogP contribution in [0.25, 0.3) is 0 Å². The average Bonchev–Trinajstić information content (AvgIpc) is 2.85. The third-order valence-corrected chi connectivity index (χ3v) is 6.86. The molecule has 0 saturated carbocycles. The molecule has 0 aromatic heterocycles. The Hall–Kier alpha value is -2.54. The van der Waals surface area contributed by atoms with Crippen molar-refractivity contribution in [1.82, 2.24) is 21.3 Å². The number of nitrogens with one attached hydrogen (secondary N) is 4. The standard InChI is InChI=1S/C29H54N4O8S/c1-16(2)14-20(21(34)15-22(35)32-24(18(5)6)27(38)40-10)31-25(36)19(12-13-42-11)30-26(37)23(17(3)4)33-28(39)41-29(7,8)9/h16-21,23-24,34H,12-15H2,1-11H3,(H,30,37)(H,31,36)(H,32,35)(H,33,39). The van der Waals surface area contributed by atoms with Crippen molar-refractivity contribution in [3.63, 3.8) is 0 Å². The van der Waals surface area contributed by atoms with Gasteiger partial charge in [0.05, 0.1) is 25.7 Å². The van der Waals surface area contributed by atoms with Gasteiger partial charge in [0, 0.05) is 0 Å². The van der Waals surface area contributed by atoms with Gasteiger partial charge in [-0.15, -0.1) is 0 Å². The number of carbonyl (C=O) groups excluding carboxylic acids is 5. The number of hydrogen-bond donors (Lipinski definition) is 5. The molecular weight excluding hydrogens is 564 g/mol. The Balaban J connectivity index is 5.72. The Bertz CT molecular complexity index is 891. The van der Waals surface area contributed by atoms with Crippen LogP contribution in [0.1, 0.15) is 81.6 Å². The molecule has 0 aromatic rings. The molecule has 0 heterocycles. The zero-order chi connectivity index (χ0) is 32.8. The highest BCUT2D eigenvalue weighted by molar-refractivity contribution is 7.98. The van der Waals surface area contributed by atoms with Crippen LogP contribution < -0.4 is 21.3 Å². The fourth-order valence-electron chi connectivity index (χ4n) is 4.03. The Morgan fingerprint density at radius 1 is 0.833 bits per heavy atom. The van der Waals surface area contributed by atoms with E-state index in [4.69, 9.17) is 9.47 Å². The Morgan fingerprint density at radius 3 is 1.86 bits per heavy atom. The highest BCUT2D eigenvalue weighted by Gasteiger charge is 2.33. The van der Waals surface area contributed by atoms with E-state index in [0.29, 0.717) is 18.6 Å². The van der Waals surface area contributed by atoms with Crippen molar-refractivity contribution >= 4 is 41.5 Å². The van der Waals surface area contributed by atoms with Crippen LogP contribution in [-0.2, 0) is 28.7 Å². The molecule has 0 aliphatic heterocycles. The zero-order valence-corrected chi connectivity index (χ0v) is 28.0. The van der Waals surface area contributed by atoms with Gasteiger partial charge in [-0.1, -0.05) is 41.5 Å². The van der Waals surface area contributed by atoms with Gasteiger partial charge in [-0.2, -0.15) is 11.8 Å². The quantitative estimate of drug-likeness (QED) is 0.153. The van der Waals surface area contributed by atoms with E-state index in [1.807, 2.05) is 20.1 Å². The number of esters is 1. The molecule has 0 aromatic carbocycles. The van der Waals surface area contributed by atoms with Gasteiger partial charge in [0.25, 0.3) is 0 Å². The fourth-order valence-corrected chi connectivity index (χ4v) is 4.50. The lowest BCUT2D eigenvalue weighted by Gasteiger charge is -2.30. The van der Waals surface area contributed by atoms with Crippen molar-refractivity contribution in [2.24, 2.45) is 17.8 Å². The van der Waals surface area contributed by atoms with Crippen molar-refractivity contribution in [3.05, 3.63) is 0 Å². The monoisotopic (exact) mass is 618 g/mol. The summed E-state index contributed by atoms with van der Waals surface area (Å²) < 4.78 is 10.0. The van der Waals surface area contributed by atoms with E-state index in [1.165, 1.54) is 18.9 Å². The molecule has 0 radical (unpaired) electrons. The maximum absolute atomic E-state index is 13.4. The minimum Gasteiger partial charge on any atom is -0.467 e. The third-order valence-electron chi connectivity index (χ3n) is 6.22. The van der Waals surface area contributed by atoms with E-state index >= 15 is 0 Å². The molecule has 244 valence electrons. The molecule has 5 N–H and O–H groups in total. The first-order valence-electron chi connectivity index (χ1n) is 14.5. The lowest BCUT2D eigenvalue weighted by molar-refractivity contribution is -0.146. The van der Waals surface area contributed by atoms with E-state index < -0.39 is 65.7 Å². The predicted octanol–water partition coefficient (Wildman–Crippen LogP) is 2.37. The topological polar surface area (TPSA) is 172 Å². The maximum atomic E-state index is 13.4. The predicted molar refractivity (Wildman–Crippen MR) is 164 cm³/mol. The minimum atomic E-state index is -1.25. The molecule has 0 aliphatic rings. The van der Waals surface area contributed by atoms with Crippen molar-refractivity contribution in [3.8, 4) is 0 Å². The molecule has 0 aliphatic carbocycles. The number of aliphatic hydroxyl groups is 1. The van der Waals surface area contributed by atoms with Gasteiger partial charge < -0.3 is 35.8 Å². The molecule has 5 unspecified atom stereocenters. The molecule has 4 amide bonds.